The minimum Gasteiger partial charge on any atom is -0.463 e. The average molecular weight is 269 g/mol. The molecule has 108 valence electrons. The molecule has 1 aromatic heterocycles. The monoisotopic (exact) mass is 269 g/mol. The molecule has 0 saturated carbocycles. The molecule has 0 aliphatic heterocycles. The molecule has 2 unspecified atom stereocenters. The minimum atomic E-state index is -0.478. The lowest BCUT2D eigenvalue weighted by Gasteiger charge is -2.25. The molecular weight excluding hydrogens is 246 g/mol. The third-order valence-corrected chi connectivity index (χ3v) is 3.15. The van der Waals surface area contributed by atoms with Gasteiger partial charge in [-0.15, -0.1) is 0 Å². The number of rotatable bonds is 7. The smallest absolute Gasteiger partial charge is 0.373 e. The van der Waals surface area contributed by atoms with Gasteiger partial charge in [0.05, 0.1) is 13.2 Å². The molecule has 0 aliphatic carbocycles. The van der Waals surface area contributed by atoms with Crippen LogP contribution in [0.2, 0.25) is 0 Å². The molecule has 1 aromatic rings. The summed E-state index contributed by atoms with van der Waals surface area (Å²) in [5, 5.41) is 12.5. The number of aliphatic hydroxyl groups is 1. The SMILES string of the molecule is COC(=O)c1ccc(C(C)NC(CCO)C(C)C)o1. The highest BCUT2D eigenvalue weighted by Gasteiger charge is 2.20. The highest BCUT2D eigenvalue weighted by Crippen LogP contribution is 2.19. The van der Waals surface area contributed by atoms with Gasteiger partial charge in [-0.1, -0.05) is 13.8 Å². The predicted molar refractivity (Wildman–Crippen MR) is 71.9 cm³/mol. The molecule has 0 amide bonds. The van der Waals surface area contributed by atoms with E-state index in [-0.39, 0.29) is 24.5 Å². The summed E-state index contributed by atoms with van der Waals surface area (Å²) in [4.78, 5) is 11.3. The van der Waals surface area contributed by atoms with Crippen LogP contribution >= 0.6 is 0 Å². The maximum Gasteiger partial charge on any atom is 0.373 e. The number of hydrogen-bond acceptors (Lipinski definition) is 5. The van der Waals surface area contributed by atoms with E-state index in [9.17, 15) is 4.79 Å². The van der Waals surface area contributed by atoms with Gasteiger partial charge in [-0.3, -0.25) is 0 Å². The van der Waals surface area contributed by atoms with E-state index in [0.29, 0.717) is 18.1 Å². The lowest BCUT2D eigenvalue weighted by Crippen LogP contribution is -2.36. The molecule has 0 spiro atoms. The third-order valence-electron chi connectivity index (χ3n) is 3.15. The Labute approximate surface area is 113 Å². The van der Waals surface area contributed by atoms with Crippen molar-refractivity contribution >= 4 is 5.97 Å². The molecule has 0 radical (unpaired) electrons. The second-order valence-corrected chi connectivity index (χ2v) is 4.94. The minimum absolute atomic E-state index is 0.0302. The summed E-state index contributed by atoms with van der Waals surface area (Å²) in [6, 6.07) is 3.54. The van der Waals surface area contributed by atoms with Crippen LogP contribution in [0.1, 0.15) is 49.5 Å². The van der Waals surface area contributed by atoms with Gasteiger partial charge < -0.3 is 19.6 Å². The Bertz CT molecular complexity index is 400. The van der Waals surface area contributed by atoms with Crippen LogP contribution in [0.4, 0.5) is 0 Å². The van der Waals surface area contributed by atoms with Gasteiger partial charge in [-0.2, -0.15) is 0 Å². The summed E-state index contributed by atoms with van der Waals surface area (Å²) < 4.78 is 10.1. The largest absolute Gasteiger partial charge is 0.463 e. The topological polar surface area (TPSA) is 71.7 Å². The summed E-state index contributed by atoms with van der Waals surface area (Å²) in [5.41, 5.74) is 0. The first-order valence-electron chi connectivity index (χ1n) is 6.54. The van der Waals surface area contributed by atoms with Crippen LogP contribution in [0.5, 0.6) is 0 Å². The van der Waals surface area contributed by atoms with Gasteiger partial charge >= 0.3 is 5.97 Å². The van der Waals surface area contributed by atoms with E-state index in [4.69, 9.17) is 9.52 Å². The van der Waals surface area contributed by atoms with Gasteiger partial charge in [-0.05, 0) is 31.4 Å². The molecule has 1 heterocycles. The quantitative estimate of drug-likeness (QED) is 0.742. The summed E-state index contributed by atoms with van der Waals surface area (Å²) in [6.45, 7) is 6.31. The van der Waals surface area contributed by atoms with Crippen molar-refractivity contribution in [1.82, 2.24) is 5.32 Å². The zero-order valence-corrected chi connectivity index (χ0v) is 12.0. The fourth-order valence-corrected chi connectivity index (χ4v) is 1.95. The Morgan fingerprint density at radius 1 is 1.42 bits per heavy atom. The highest BCUT2D eigenvalue weighted by molar-refractivity contribution is 5.86. The maximum absolute atomic E-state index is 11.3. The Morgan fingerprint density at radius 2 is 2.11 bits per heavy atom. The second kappa shape index (κ2) is 7.31. The van der Waals surface area contributed by atoms with E-state index in [1.807, 2.05) is 6.92 Å². The van der Waals surface area contributed by atoms with Crippen LogP contribution in [0.3, 0.4) is 0 Å². The number of carbonyl (C=O) groups excluding carboxylic acids is 1. The molecule has 0 fully saturated rings. The fraction of sp³-hybridized carbons (Fsp3) is 0.643. The zero-order chi connectivity index (χ0) is 14.4. The van der Waals surface area contributed by atoms with Crippen LogP contribution in [-0.2, 0) is 4.74 Å². The highest BCUT2D eigenvalue weighted by atomic mass is 16.5. The van der Waals surface area contributed by atoms with Crippen LogP contribution in [-0.4, -0.2) is 30.8 Å². The Hall–Kier alpha value is -1.33. The van der Waals surface area contributed by atoms with Crippen molar-refractivity contribution in [3.8, 4) is 0 Å². The van der Waals surface area contributed by atoms with Crippen LogP contribution in [0.15, 0.2) is 16.5 Å². The van der Waals surface area contributed by atoms with Crippen molar-refractivity contribution in [2.75, 3.05) is 13.7 Å². The Balaban J connectivity index is 2.68. The van der Waals surface area contributed by atoms with E-state index in [0.717, 1.165) is 0 Å². The molecule has 2 atom stereocenters. The van der Waals surface area contributed by atoms with Crippen LogP contribution in [0.25, 0.3) is 0 Å². The molecule has 0 aliphatic rings. The second-order valence-electron chi connectivity index (χ2n) is 4.94. The number of carbonyl (C=O) groups is 1. The predicted octanol–water partition coefficient (Wildman–Crippen LogP) is 2.12. The molecular formula is C14H23NO4. The number of aliphatic hydroxyl groups excluding tert-OH is 1. The number of nitrogens with one attached hydrogen (secondary N) is 1. The van der Waals surface area contributed by atoms with E-state index in [2.05, 4.69) is 23.9 Å². The van der Waals surface area contributed by atoms with Crippen molar-refractivity contribution in [2.24, 2.45) is 5.92 Å². The van der Waals surface area contributed by atoms with Gasteiger partial charge in [0.2, 0.25) is 5.76 Å². The van der Waals surface area contributed by atoms with E-state index >= 15 is 0 Å². The van der Waals surface area contributed by atoms with Crippen molar-refractivity contribution < 1.29 is 19.1 Å². The van der Waals surface area contributed by atoms with Gasteiger partial charge in [0.1, 0.15) is 5.76 Å². The first-order valence-corrected chi connectivity index (χ1v) is 6.54. The summed E-state index contributed by atoms with van der Waals surface area (Å²) >= 11 is 0. The molecule has 0 bridgehead atoms. The lowest BCUT2D eigenvalue weighted by molar-refractivity contribution is 0.0562. The van der Waals surface area contributed by atoms with E-state index in [1.54, 1.807) is 12.1 Å². The Kier molecular flexibility index (Phi) is 6.05. The van der Waals surface area contributed by atoms with Crippen molar-refractivity contribution in [3.05, 3.63) is 23.7 Å². The van der Waals surface area contributed by atoms with Crippen LogP contribution < -0.4 is 5.32 Å². The van der Waals surface area contributed by atoms with Gasteiger partial charge in [0, 0.05) is 12.6 Å². The fourth-order valence-electron chi connectivity index (χ4n) is 1.95. The van der Waals surface area contributed by atoms with E-state index < -0.39 is 5.97 Å². The number of methoxy groups -OCH3 is 1. The first kappa shape index (κ1) is 15.7. The molecule has 5 heteroatoms. The molecule has 5 nitrogen and oxygen atoms in total. The summed E-state index contributed by atoms with van der Waals surface area (Å²) in [6.07, 6.45) is 0.687. The lowest BCUT2D eigenvalue weighted by atomic mass is 10.00. The van der Waals surface area contributed by atoms with Gasteiger partial charge in [0.15, 0.2) is 0 Å². The summed E-state index contributed by atoms with van der Waals surface area (Å²) in [5.74, 6) is 0.817. The first-order chi connectivity index (χ1) is 8.99. The van der Waals surface area contributed by atoms with E-state index in [1.165, 1.54) is 7.11 Å². The van der Waals surface area contributed by atoms with Gasteiger partial charge in [-0.25, -0.2) is 4.79 Å². The molecule has 0 saturated heterocycles. The standard InChI is InChI=1S/C14H23NO4/c1-9(2)11(7-8-16)15-10(3)12-5-6-13(19-12)14(17)18-4/h5-6,9-11,15-16H,7-8H2,1-4H3. The van der Waals surface area contributed by atoms with Crippen molar-refractivity contribution in [1.29, 1.82) is 0 Å². The average Bonchev–Trinajstić information content (AvgIpc) is 2.86. The van der Waals surface area contributed by atoms with Crippen LogP contribution in [0, 0.1) is 5.92 Å². The van der Waals surface area contributed by atoms with Crippen molar-refractivity contribution in [3.63, 3.8) is 0 Å². The molecule has 1 rings (SSSR count). The number of esters is 1. The number of hydrogen-bond donors (Lipinski definition) is 2. The Morgan fingerprint density at radius 3 is 2.63 bits per heavy atom. The third kappa shape index (κ3) is 4.36. The molecule has 0 aromatic carbocycles. The number of ether oxygens (including phenoxy) is 1. The summed E-state index contributed by atoms with van der Waals surface area (Å²) in [7, 11) is 1.32. The number of furan rings is 1. The maximum atomic E-state index is 11.3. The molecule has 2 N–H and O–H groups in total. The van der Waals surface area contributed by atoms with Crippen molar-refractivity contribution in [2.45, 2.75) is 39.3 Å². The zero-order valence-electron chi connectivity index (χ0n) is 12.0. The van der Waals surface area contributed by atoms with Gasteiger partial charge in [0.25, 0.3) is 0 Å². The normalized spacial score (nSPS) is 14.4. The molecule has 19 heavy (non-hydrogen) atoms.